The van der Waals surface area contributed by atoms with E-state index in [0.29, 0.717) is 13.1 Å². The van der Waals surface area contributed by atoms with Gasteiger partial charge in [-0.25, -0.2) is 9.97 Å². The monoisotopic (exact) mass is 651 g/mol. The van der Waals surface area contributed by atoms with Crippen LogP contribution in [0.5, 0.6) is 0 Å². The molecule has 47 heavy (non-hydrogen) atoms. The minimum absolute atomic E-state index is 0.0765. The smallest absolute Gasteiger partial charge is 0.314 e. The summed E-state index contributed by atoms with van der Waals surface area (Å²) in [4.78, 5) is 47.1. The minimum atomic E-state index is -0.641. The summed E-state index contributed by atoms with van der Waals surface area (Å²) in [5.41, 5.74) is 1.75. The number of H-pyrrole nitrogens is 2. The number of benzene rings is 1. The van der Waals surface area contributed by atoms with E-state index in [2.05, 4.69) is 79.7 Å². The maximum atomic E-state index is 12.5. The molecule has 0 fully saturated rings. The van der Waals surface area contributed by atoms with Crippen molar-refractivity contribution < 1.29 is 19.1 Å². The van der Waals surface area contributed by atoms with E-state index in [9.17, 15) is 9.59 Å². The molecule has 0 aliphatic heterocycles. The number of rotatable bonds is 22. The number of hydrogen-bond acceptors (Lipinski definition) is 9. The van der Waals surface area contributed by atoms with Crippen LogP contribution in [0.4, 0.5) is 0 Å². The van der Waals surface area contributed by atoms with Crippen LogP contribution in [-0.4, -0.2) is 86.1 Å². The SMILES string of the molecule is CCCN(CCC)CCCCN(CCC(=O)OCOC(=O)C(C)(C)C)Cc1ccc(CN(Cc2ncc[nH]2)C(C)c2ncc[nH]2)cc1. The number of hydrogen-bond donors (Lipinski definition) is 2. The second-order valence-electron chi connectivity index (χ2n) is 13.3. The Balaban J connectivity index is 1.60. The highest BCUT2D eigenvalue weighted by atomic mass is 16.7. The molecular weight excluding hydrogens is 594 g/mol. The average molecular weight is 652 g/mol. The first kappa shape index (κ1) is 37.9. The first-order chi connectivity index (χ1) is 22.6. The Hall–Kier alpha value is -3.54. The number of nitrogens with zero attached hydrogens (tertiary/aromatic N) is 5. The molecule has 2 heterocycles. The van der Waals surface area contributed by atoms with Crippen molar-refractivity contribution in [1.29, 1.82) is 0 Å². The molecule has 2 aromatic heterocycles. The van der Waals surface area contributed by atoms with Gasteiger partial charge in [0.2, 0.25) is 6.79 Å². The van der Waals surface area contributed by atoms with Crippen molar-refractivity contribution in [3.05, 3.63) is 71.8 Å². The van der Waals surface area contributed by atoms with E-state index in [0.717, 1.165) is 76.6 Å². The standard InChI is InChI=1S/C36H57N7O4/c1-7-20-41(21-8-2)22-9-10-23-42(24-15-33(44)46-28-47-35(45)36(4,5)6)25-30-11-13-31(14-12-30)26-43(27-32-37-16-17-38-32)29(3)34-39-18-19-40-34/h11-14,16-19,29H,7-10,15,20-28H2,1-6H3,(H,37,38)(H,39,40). The molecule has 0 spiro atoms. The van der Waals surface area contributed by atoms with E-state index >= 15 is 0 Å². The molecular formula is C36H57N7O4. The maximum absolute atomic E-state index is 12.5. The highest BCUT2D eigenvalue weighted by Crippen LogP contribution is 2.22. The molecule has 0 saturated carbocycles. The number of carbonyl (C=O) groups is 2. The highest BCUT2D eigenvalue weighted by molar-refractivity contribution is 5.75. The largest absolute Gasteiger partial charge is 0.428 e. The van der Waals surface area contributed by atoms with Gasteiger partial charge in [-0.05, 0) is 90.7 Å². The van der Waals surface area contributed by atoms with Gasteiger partial charge in [-0.2, -0.15) is 0 Å². The topological polar surface area (TPSA) is 120 Å². The maximum Gasteiger partial charge on any atom is 0.314 e. The zero-order valence-electron chi connectivity index (χ0n) is 29.5. The Labute approximate surface area is 281 Å². The van der Waals surface area contributed by atoms with Crippen LogP contribution in [0.25, 0.3) is 0 Å². The Bertz CT molecular complexity index is 1270. The van der Waals surface area contributed by atoms with Gasteiger partial charge in [0, 0.05) is 44.4 Å². The summed E-state index contributed by atoms with van der Waals surface area (Å²) in [6, 6.07) is 8.80. The van der Waals surface area contributed by atoms with Crippen LogP contribution >= 0.6 is 0 Å². The molecule has 260 valence electrons. The lowest BCUT2D eigenvalue weighted by Gasteiger charge is -2.27. The van der Waals surface area contributed by atoms with Crippen molar-refractivity contribution in [2.24, 2.45) is 5.41 Å². The lowest BCUT2D eigenvalue weighted by atomic mass is 9.98. The molecule has 2 N–H and O–H groups in total. The van der Waals surface area contributed by atoms with Gasteiger partial charge in [0.15, 0.2) is 0 Å². The fourth-order valence-corrected chi connectivity index (χ4v) is 5.42. The van der Waals surface area contributed by atoms with Gasteiger partial charge in [0.25, 0.3) is 0 Å². The van der Waals surface area contributed by atoms with Crippen LogP contribution in [0.15, 0.2) is 49.1 Å². The van der Waals surface area contributed by atoms with Crippen molar-refractivity contribution in [1.82, 2.24) is 34.6 Å². The third-order valence-electron chi connectivity index (χ3n) is 8.12. The summed E-state index contributed by atoms with van der Waals surface area (Å²) in [6.45, 7) is 18.5. The van der Waals surface area contributed by atoms with Crippen LogP contribution in [0, 0.1) is 5.41 Å². The summed E-state index contributed by atoms with van der Waals surface area (Å²) >= 11 is 0. The summed E-state index contributed by atoms with van der Waals surface area (Å²) in [7, 11) is 0. The molecule has 0 radical (unpaired) electrons. The number of aromatic amines is 2. The van der Waals surface area contributed by atoms with Crippen LogP contribution in [0.2, 0.25) is 0 Å². The molecule has 1 unspecified atom stereocenters. The fraction of sp³-hybridized carbons (Fsp3) is 0.611. The number of nitrogens with one attached hydrogen (secondary N) is 2. The Morgan fingerprint density at radius 2 is 1.40 bits per heavy atom. The second-order valence-corrected chi connectivity index (χ2v) is 13.3. The van der Waals surface area contributed by atoms with E-state index < -0.39 is 11.4 Å². The minimum Gasteiger partial charge on any atom is -0.428 e. The fourth-order valence-electron chi connectivity index (χ4n) is 5.42. The number of imidazole rings is 2. The molecule has 11 nitrogen and oxygen atoms in total. The van der Waals surface area contributed by atoms with Gasteiger partial charge in [0.1, 0.15) is 11.6 Å². The second kappa shape index (κ2) is 20.0. The summed E-state index contributed by atoms with van der Waals surface area (Å²) < 4.78 is 10.3. The number of unbranched alkanes of at least 4 members (excludes halogenated alkanes) is 1. The zero-order valence-corrected chi connectivity index (χ0v) is 29.5. The van der Waals surface area contributed by atoms with Gasteiger partial charge in [-0.1, -0.05) is 38.1 Å². The molecule has 0 aliphatic rings. The predicted octanol–water partition coefficient (Wildman–Crippen LogP) is 6.08. The van der Waals surface area contributed by atoms with Gasteiger partial charge in [0.05, 0.1) is 24.4 Å². The van der Waals surface area contributed by atoms with Crippen LogP contribution in [0.3, 0.4) is 0 Å². The van der Waals surface area contributed by atoms with Crippen LogP contribution in [-0.2, 0) is 38.7 Å². The molecule has 11 heteroatoms. The van der Waals surface area contributed by atoms with Crippen LogP contribution < -0.4 is 0 Å². The third-order valence-corrected chi connectivity index (χ3v) is 8.12. The van der Waals surface area contributed by atoms with E-state index in [1.807, 2.05) is 12.4 Å². The number of esters is 2. The van der Waals surface area contributed by atoms with Gasteiger partial charge in [-0.15, -0.1) is 0 Å². The Kier molecular flexibility index (Phi) is 16.1. The van der Waals surface area contributed by atoms with Gasteiger partial charge >= 0.3 is 11.9 Å². The summed E-state index contributed by atoms with van der Waals surface area (Å²) in [5.74, 6) is 1.07. The quantitative estimate of drug-likeness (QED) is 0.0757. The number of aromatic nitrogens is 4. The van der Waals surface area contributed by atoms with Crippen molar-refractivity contribution in [2.75, 3.05) is 39.5 Å². The molecule has 0 aliphatic carbocycles. The summed E-state index contributed by atoms with van der Waals surface area (Å²) in [6.07, 6.45) is 12.0. The van der Waals surface area contributed by atoms with Gasteiger partial charge < -0.3 is 24.3 Å². The van der Waals surface area contributed by atoms with Crippen molar-refractivity contribution in [3.63, 3.8) is 0 Å². The molecule has 0 amide bonds. The van der Waals surface area contributed by atoms with Crippen molar-refractivity contribution in [2.45, 2.75) is 99.3 Å². The molecule has 0 saturated heterocycles. The molecule has 1 atom stereocenters. The normalized spacial score (nSPS) is 12.6. The predicted molar refractivity (Wildman–Crippen MR) is 184 cm³/mol. The molecule has 3 aromatic rings. The first-order valence-electron chi connectivity index (χ1n) is 17.2. The molecule has 1 aromatic carbocycles. The lowest BCUT2D eigenvalue weighted by molar-refractivity contribution is -0.173. The summed E-state index contributed by atoms with van der Waals surface area (Å²) in [5, 5.41) is 0. The van der Waals surface area contributed by atoms with E-state index in [4.69, 9.17) is 9.47 Å². The van der Waals surface area contributed by atoms with Crippen molar-refractivity contribution in [3.8, 4) is 0 Å². The van der Waals surface area contributed by atoms with E-state index in [1.54, 1.807) is 33.2 Å². The van der Waals surface area contributed by atoms with Crippen molar-refractivity contribution >= 4 is 11.9 Å². The van der Waals surface area contributed by atoms with Gasteiger partial charge in [-0.3, -0.25) is 19.4 Å². The third kappa shape index (κ3) is 14.0. The van der Waals surface area contributed by atoms with E-state index in [-0.39, 0.29) is 25.2 Å². The zero-order chi connectivity index (χ0) is 34.1. The Morgan fingerprint density at radius 1 is 0.787 bits per heavy atom. The average Bonchev–Trinajstić information content (AvgIpc) is 3.77. The number of carbonyl (C=O) groups excluding carboxylic acids is 2. The van der Waals surface area contributed by atoms with E-state index in [1.165, 1.54) is 11.1 Å². The number of ether oxygens (including phenoxy) is 2. The Morgan fingerprint density at radius 3 is 1.98 bits per heavy atom. The molecule has 3 rings (SSSR count). The molecule has 0 bridgehead atoms. The first-order valence-corrected chi connectivity index (χ1v) is 17.2. The van der Waals surface area contributed by atoms with Crippen LogP contribution in [0.1, 0.15) is 102 Å². The highest BCUT2D eigenvalue weighted by Gasteiger charge is 2.23. The lowest BCUT2D eigenvalue weighted by Crippen LogP contribution is -2.30.